The minimum Gasteiger partial charge on any atom is -0.493 e. The zero-order valence-corrected chi connectivity index (χ0v) is 14.5. The molecule has 2 aliphatic rings. The number of likely N-dealkylation sites (tertiary alicyclic amines) is 1. The quantitative estimate of drug-likeness (QED) is 0.923. The summed E-state index contributed by atoms with van der Waals surface area (Å²) < 4.78 is 5.91. The van der Waals surface area contributed by atoms with Crippen LogP contribution in [0.2, 0.25) is 0 Å². The van der Waals surface area contributed by atoms with Crippen molar-refractivity contribution in [2.24, 2.45) is 11.8 Å². The van der Waals surface area contributed by atoms with Gasteiger partial charge in [-0.15, -0.1) is 0 Å². The number of amides is 1. The molecule has 3 atom stereocenters. The van der Waals surface area contributed by atoms with Crippen molar-refractivity contribution in [3.63, 3.8) is 0 Å². The molecule has 1 saturated heterocycles. The molecule has 1 aromatic heterocycles. The number of carbonyl (C=O) groups is 1. The highest BCUT2D eigenvalue weighted by atomic mass is 16.5. The molecule has 0 saturated carbocycles. The summed E-state index contributed by atoms with van der Waals surface area (Å²) in [5, 5.41) is 3.01. The third-order valence-corrected chi connectivity index (χ3v) is 5.17. The smallest absolute Gasteiger partial charge is 0.225 e. The monoisotopic (exact) mass is 338 g/mol. The molecule has 2 aromatic rings. The van der Waals surface area contributed by atoms with Crippen LogP contribution in [0.4, 0.5) is 0 Å². The molecule has 25 heavy (non-hydrogen) atoms. The number of hydrogen-bond donors (Lipinski definition) is 1. The first kappa shape index (κ1) is 16.0. The van der Waals surface area contributed by atoms with E-state index >= 15 is 0 Å². The summed E-state index contributed by atoms with van der Waals surface area (Å²) in [4.78, 5) is 23.5. The summed E-state index contributed by atoms with van der Waals surface area (Å²) >= 11 is 0. The van der Waals surface area contributed by atoms with Crippen molar-refractivity contribution >= 4 is 5.91 Å². The molecular weight excluding hydrogens is 316 g/mol. The van der Waals surface area contributed by atoms with Crippen LogP contribution in [0.1, 0.15) is 23.0 Å². The van der Waals surface area contributed by atoms with Gasteiger partial charge >= 0.3 is 0 Å². The lowest BCUT2D eigenvalue weighted by molar-refractivity contribution is -0.126. The third kappa shape index (κ3) is 2.98. The second-order valence-corrected chi connectivity index (χ2v) is 6.87. The lowest BCUT2D eigenvalue weighted by atomic mass is 9.85. The molecule has 6 nitrogen and oxygen atoms in total. The molecule has 6 heteroatoms. The van der Waals surface area contributed by atoms with Crippen LogP contribution >= 0.6 is 0 Å². The number of hydrogen-bond acceptors (Lipinski definition) is 5. The van der Waals surface area contributed by atoms with Crippen molar-refractivity contribution in [3.05, 3.63) is 53.6 Å². The number of para-hydroxylation sites is 1. The Morgan fingerprint density at radius 2 is 2.16 bits per heavy atom. The van der Waals surface area contributed by atoms with Gasteiger partial charge in [-0.2, -0.15) is 0 Å². The number of fused-ring (bicyclic) bond motifs is 3. The van der Waals surface area contributed by atoms with E-state index in [1.807, 2.05) is 25.1 Å². The normalized spacial score (nSPS) is 25.0. The van der Waals surface area contributed by atoms with E-state index in [0.717, 1.165) is 23.7 Å². The Balaban J connectivity index is 1.47. The average molecular weight is 338 g/mol. The predicted octanol–water partition coefficient (Wildman–Crippen LogP) is 1.71. The Hall–Kier alpha value is -2.47. The highest BCUT2D eigenvalue weighted by molar-refractivity contribution is 5.80. The first-order valence-corrected chi connectivity index (χ1v) is 8.60. The molecule has 1 amide bonds. The molecule has 2 aliphatic heterocycles. The number of rotatable bonds is 3. The number of aromatic nitrogens is 2. The van der Waals surface area contributed by atoms with Gasteiger partial charge in [-0.1, -0.05) is 18.2 Å². The topological polar surface area (TPSA) is 67.4 Å². The number of nitrogens with one attached hydrogen (secondary N) is 1. The van der Waals surface area contributed by atoms with Crippen LogP contribution in [-0.2, 0) is 11.3 Å². The summed E-state index contributed by atoms with van der Waals surface area (Å²) in [6.07, 6.45) is 3.42. The predicted molar refractivity (Wildman–Crippen MR) is 92.9 cm³/mol. The summed E-state index contributed by atoms with van der Waals surface area (Å²) in [7, 11) is 2.08. The Kier molecular flexibility index (Phi) is 4.13. The molecule has 4 rings (SSSR count). The first-order chi connectivity index (χ1) is 12.1. The minimum atomic E-state index is -0.0817. The van der Waals surface area contributed by atoms with E-state index in [4.69, 9.17) is 4.74 Å². The molecule has 0 aliphatic carbocycles. The first-order valence-electron chi connectivity index (χ1n) is 8.60. The fourth-order valence-electron chi connectivity index (χ4n) is 3.92. The number of ether oxygens (including phenoxy) is 1. The molecule has 3 heterocycles. The molecule has 1 aromatic carbocycles. The van der Waals surface area contributed by atoms with Gasteiger partial charge in [0.1, 0.15) is 5.75 Å². The summed E-state index contributed by atoms with van der Waals surface area (Å²) in [6, 6.07) is 8.36. The SMILES string of the molecule is Cc1cnc(CNC(=O)[C@@H]2CN(C)[C@H]3c4ccccc4OC[C@@H]23)cn1. The number of nitrogens with zero attached hydrogens (tertiary/aromatic N) is 3. The maximum absolute atomic E-state index is 12.8. The van der Waals surface area contributed by atoms with Gasteiger partial charge in [-0.3, -0.25) is 19.7 Å². The molecule has 0 unspecified atom stereocenters. The van der Waals surface area contributed by atoms with Crippen LogP contribution in [0.5, 0.6) is 5.75 Å². The van der Waals surface area contributed by atoms with E-state index in [-0.39, 0.29) is 23.8 Å². The molecule has 0 radical (unpaired) electrons. The maximum atomic E-state index is 12.8. The van der Waals surface area contributed by atoms with Gasteiger partial charge in [-0.25, -0.2) is 0 Å². The van der Waals surface area contributed by atoms with Gasteiger partial charge < -0.3 is 10.1 Å². The van der Waals surface area contributed by atoms with Gasteiger partial charge in [0.15, 0.2) is 0 Å². The van der Waals surface area contributed by atoms with E-state index < -0.39 is 0 Å². The Bertz CT molecular complexity index is 777. The second-order valence-electron chi connectivity index (χ2n) is 6.87. The Labute approximate surface area is 147 Å². The van der Waals surface area contributed by atoms with E-state index in [1.54, 1.807) is 12.4 Å². The van der Waals surface area contributed by atoms with Crippen LogP contribution < -0.4 is 10.1 Å². The number of benzene rings is 1. The third-order valence-electron chi connectivity index (χ3n) is 5.17. The summed E-state index contributed by atoms with van der Waals surface area (Å²) in [6.45, 7) is 3.61. The largest absolute Gasteiger partial charge is 0.493 e. The molecule has 0 bridgehead atoms. The van der Waals surface area contributed by atoms with Gasteiger partial charge in [-0.05, 0) is 20.0 Å². The molecule has 1 fully saturated rings. The maximum Gasteiger partial charge on any atom is 0.225 e. The van der Waals surface area contributed by atoms with E-state index in [9.17, 15) is 4.79 Å². The van der Waals surface area contributed by atoms with Crippen LogP contribution in [-0.4, -0.2) is 41.0 Å². The van der Waals surface area contributed by atoms with Crippen LogP contribution in [0.15, 0.2) is 36.7 Å². The lowest BCUT2D eigenvalue weighted by Gasteiger charge is -2.32. The molecule has 0 spiro atoms. The highest BCUT2D eigenvalue weighted by Gasteiger charge is 2.47. The van der Waals surface area contributed by atoms with Gasteiger partial charge in [0, 0.05) is 30.3 Å². The average Bonchev–Trinajstić information content (AvgIpc) is 2.98. The van der Waals surface area contributed by atoms with Gasteiger partial charge in [0.2, 0.25) is 5.91 Å². The fourth-order valence-corrected chi connectivity index (χ4v) is 3.92. The van der Waals surface area contributed by atoms with Gasteiger partial charge in [0.05, 0.1) is 36.7 Å². The van der Waals surface area contributed by atoms with Crippen molar-refractivity contribution in [2.75, 3.05) is 20.2 Å². The van der Waals surface area contributed by atoms with Crippen molar-refractivity contribution in [2.45, 2.75) is 19.5 Å². The van der Waals surface area contributed by atoms with Crippen molar-refractivity contribution in [1.29, 1.82) is 0 Å². The van der Waals surface area contributed by atoms with Crippen LogP contribution in [0.3, 0.4) is 0 Å². The van der Waals surface area contributed by atoms with Crippen LogP contribution in [0, 0.1) is 18.8 Å². The molecule has 1 N–H and O–H groups in total. The molecular formula is C19H22N4O2. The zero-order chi connectivity index (χ0) is 17.4. The number of carbonyl (C=O) groups excluding carboxylic acids is 1. The summed E-state index contributed by atoms with van der Waals surface area (Å²) in [5.74, 6) is 1.09. The molecule has 130 valence electrons. The van der Waals surface area contributed by atoms with Gasteiger partial charge in [0.25, 0.3) is 0 Å². The zero-order valence-electron chi connectivity index (χ0n) is 14.5. The highest BCUT2D eigenvalue weighted by Crippen LogP contribution is 2.46. The second kappa shape index (κ2) is 6.44. The van der Waals surface area contributed by atoms with E-state index in [2.05, 4.69) is 33.3 Å². The Morgan fingerprint density at radius 1 is 1.32 bits per heavy atom. The van der Waals surface area contributed by atoms with Crippen molar-refractivity contribution in [3.8, 4) is 5.75 Å². The van der Waals surface area contributed by atoms with Crippen molar-refractivity contribution < 1.29 is 9.53 Å². The van der Waals surface area contributed by atoms with E-state index in [0.29, 0.717) is 13.2 Å². The number of aryl methyl sites for hydroxylation is 1. The lowest BCUT2D eigenvalue weighted by Crippen LogP contribution is -2.38. The minimum absolute atomic E-state index is 0.0599. The van der Waals surface area contributed by atoms with E-state index in [1.165, 1.54) is 5.56 Å². The Morgan fingerprint density at radius 3 is 2.96 bits per heavy atom. The fraction of sp³-hybridized carbons (Fsp3) is 0.421. The standard InChI is InChI=1S/C19H22N4O2/c1-12-7-21-13(8-20-12)9-22-19(24)15-10-23(2)18-14-5-3-4-6-17(14)25-11-16(15)18/h3-8,15-16,18H,9-11H2,1-2H3,(H,22,24)/t15-,16+,18+/m1/s1. The van der Waals surface area contributed by atoms with Crippen LogP contribution in [0.25, 0.3) is 0 Å². The van der Waals surface area contributed by atoms with Crippen molar-refractivity contribution in [1.82, 2.24) is 20.2 Å². The summed E-state index contributed by atoms with van der Waals surface area (Å²) in [5.41, 5.74) is 2.82.